The van der Waals surface area contributed by atoms with E-state index in [0.717, 1.165) is 25.3 Å². The number of benzene rings is 1. The molecule has 2 aromatic rings. The van der Waals surface area contributed by atoms with Crippen LogP contribution < -0.4 is 4.74 Å². The van der Waals surface area contributed by atoms with Gasteiger partial charge in [-0.1, -0.05) is 12.1 Å². The van der Waals surface area contributed by atoms with Gasteiger partial charge in [0.1, 0.15) is 5.75 Å². The molecular weight excluding hydrogens is 318 g/mol. The Balaban J connectivity index is 1.65. The van der Waals surface area contributed by atoms with E-state index in [0.29, 0.717) is 12.2 Å². The van der Waals surface area contributed by atoms with E-state index in [-0.39, 0.29) is 17.9 Å². The van der Waals surface area contributed by atoms with E-state index in [9.17, 15) is 4.79 Å². The zero-order valence-electron chi connectivity index (χ0n) is 15.0. The van der Waals surface area contributed by atoms with Gasteiger partial charge < -0.3 is 9.47 Å². The topological polar surface area (TPSA) is 56.6 Å². The van der Waals surface area contributed by atoms with Crippen molar-refractivity contribution >= 4 is 5.97 Å². The third kappa shape index (κ3) is 3.85. The van der Waals surface area contributed by atoms with Crippen LogP contribution in [-0.4, -0.2) is 48.0 Å². The van der Waals surface area contributed by atoms with Gasteiger partial charge in [0, 0.05) is 24.7 Å². The van der Waals surface area contributed by atoms with Gasteiger partial charge in [0.25, 0.3) is 0 Å². The Morgan fingerprint density at radius 1 is 1.32 bits per heavy atom. The molecule has 1 aromatic carbocycles. The highest BCUT2D eigenvalue weighted by atomic mass is 16.5. The molecule has 1 fully saturated rings. The lowest BCUT2D eigenvalue weighted by Crippen LogP contribution is -2.24. The van der Waals surface area contributed by atoms with Crippen molar-refractivity contribution in [3.05, 3.63) is 47.8 Å². The lowest BCUT2D eigenvalue weighted by atomic mass is 9.94. The second-order valence-electron chi connectivity index (χ2n) is 6.43. The third-order valence-electron chi connectivity index (χ3n) is 4.85. The number of methoxy groups -OCH3 is 1. The largest absolute Gasteiger partial charge is 0.497 e. The summed E-state index contributed by atoms with van der Waals surface area (Å²) in [5.41, 5.74) is 1.73. The average molecular weight is 343 g/mol. The fourth-order valence-corrected chi connectivity index (χ4v) is 3.44. The van der Waals surface area contributed by atoms with Gasteiger partial charge in [-0.15, -0.1) is 0 Å². The molecule has 0 bridgehead atoms. The quantitative estimate of drug-likeness (QED) is 0.755. The minimum atomic E-state index is -0.303. The maximum Gasteiger partial charge on any atom is 0.341 e. The molecule has 6 heteroatoms. The predicted molar refractivity (Wildman–Crippen MR) is 94.7 cm³/mol. The van der Waals surface area contributed by atoms with Crippen LogP contribution in [-0.2, 0) is 11.3 Å². The summed E-state index contributed by atoms with van der Waals surface area (Å²) in [7, 11) is 3.78. The monoisotopic (exact) mass is 343 g/mol. The van der Waals surface area contributed by atoms with Crippen molar-refractivity contribution < 1.29 is 14.3 Å². The highest BCUT2D eigenvalue weighted by Crippen LogP contribution is 2.36. The highest BCUT2D eigenvalue weighted by Gasteiger charge is 2.34. The molecule has 1 aliphatic heterocycles. The summed E-state index contributed by atoms with van der Waals surface area (Å²) >= 11 is 0. The van der Waals surface area contributed by atoms with Gasteiger partial charge >= 0.3 is 5.97 Å². The van der Waals surface area contributed by atoms with E-state index in [2.05, 4.69) is 29.2 Å². The van der Waals surface area contributed by atoms with Crippen molar-refractivity contribution in [2.45, 2.75) is 25.9 Å². The smallest absolute Gasteiger partial charge is 0.341 e. The number of hydrogen-bond donors (Lipinski definition) is 0. The van der Waals surface area contributed by atoms with Gasteiger partial charge in [-0.2, -0.15) is 5.10 Å². The Labute approximate surface area is 148 Å². The predicted octanol–water partition coefficient (Wildman–Crippen LogP) is 2.76. The van der Waals surface area contributed by atoms with Crippen molar-refractivity contribution in [2.75, 3.05) is 27.3 Å². The van der Waals surface area contributed by atoms with E-state index in [1.165, 1.54) is 5.56 Å². The van der Waals surface area contributed by atoms with Crippen LogP contribution in [0.15, 0.2) is 36.7 Å². The molecule has 0 saturated carbocycles. The Morgan fingerprint density at radius 2 is 2.08 bits per heavy atom. The zero-order valence-corrected chi connectivity index (χ0v) is 15.0. The number of aryl methyl sites for hydroxylation is 1. The minimum absolute atomic E-state index is 0.247. The fraction of sp³-hybridized carbons (Fsp3) is 0.474. The maximum atomic E-state index is 12.2. The van der Waals surface area contributed by atoms with Gasteiger partial charge in [-0.05, 0) is 44.6 Å². The molecule has 0 radical (unpaired) electrons. The van der Waals surface area contributed by atoms with E-state index in [1.54, 1.807) is 24.2 Å². The summed E-state index contributed by atoms with van der Waals surface area (Å²) in [6.45, 7) is 4.13. The lowest BCUT2D eigenvalue weighted by molar-refractivity contribution is 0.0412. The first-order valence-corrected chi connectivity index (χ1v) is 8.66. The number of likely N-dealkylation sites (tertiary alicyclic amines) is 1. The van der Waals surface area contributed by atoms with E-state index in [4.69, 9.17) is 9.47 Å². The van der Waals surface area contributed by atoms with Gasteiger partial charge in [-0.3, -0.25) is 9.58 Å². The number of nitrogens with zero attached hydrogens (tertiary/aromatic N) is 3. The summed E-state index contributed by atoms with van der Waals surface area (Å²) < 4.78 is 12.5. The third-order valence-corrected chi connectivity index (χ3v) is 4.85. The van der Waals surface area contributed by atoms with Crippen LogP contribution in [0.25, 0.3) is 0 Å². The van der Waals surface area contributed by atoms with Gasteiger partial charge in [0.15, 0.2) is 0 Å². The van der Waals surface area contributed by atoms with E-state index < -0.39 is 0 Å². The molecular formula is C19H25N3O3. The molecule has 0 N–H and O–H groups in total. The Hall–Kier alpha value is -2.34. The van der Waals surface area contributed by atoms with Crippen LogP contribution in [0, 0.1) is 5.92 Å². The summed E-state index contributed by atoms with van der Waals surface area (Å²) in [4.78, 5) is 14.5. The van der Waals surface area contributed by atoms with E-state index in [1.807, 2.05) is 19.1 Å². The maximum absolute atomic E-state index is 12.2. The molecule has 2 heterocycles. The van der Waals surface area contributed by atoms with Crippen LogP contribution in [0.1, 0.15) is 35.3 Å². The van der Waals surface area contributed by atoms with Crippen LogP contribution >= 0.6 is 0 Å². The van der Waals surface area contributed by atoms with Crippen LogP contribution in [0.5, 0.6) is 5.75 Å². The summed E-state index contributed by atoms with van der Waals surface area (Å²) in [5.74, 6) is 0.826. The molecule has 25 heavy (non-hydrogen) atoms. The molecule has 6 nitrogen and oxygen atoms in total. The van der Waals surface area contributed by atoms with Crippen molar-refractivity contribution in [3.63, 3.8) is 0 Å². The number of rotatable bonds is 6. The first kappa shape index (κ1) is 17.5. The average Bonchev–Trinajstić information content (AvgIpc) is 3.26. The zero-order chi connectivity index (χ0) is 17.8. The van der Waals surface area contributed by atoms with Crippen molar-refractivity contribution in [1.29, 1.82) is 0 Å². The molecule has 0 spiro atoms. The highest BCUT2D eigenvalue weighted by molar-refractivity contribution is 5.88. The fourth-order valence-electron chi connectivity index (χ4n) is 3.44. The standard InChI is InChI=1S/C19H25N3O3/c1-4-22-12-16(11-20-22)19(23)25-13-15-9-10-21(2)18(15)14-5-7-17(24-3)8-6-14/h5-8,11-12,15,18H,4,9-10,13H2,1-3H3/t15-,18-/m0/s1. The Bertz CT molecular complexity index is 711. The van der Waals surface area contributed by atoms with Crippen molar-refractivity contribution in [3.8, 4) is 5.75 Å². The number of esters is 1. The van der Waals surface area contributed by atoms with Gasteiger partial charge in [-0.25, -0.2) is 4.79 Å². The minimum Gasteiger partial charge on any atom is -0.497 e. The van der Waals surface area contributed by atoms with Crippen LogP contribution in [0.4, 0.5) is 0 Å². The normalized spacial score (nSPS) is 20.6. The summed E-state index contributed by atoms with van der Waals surface area (Å²) in [5, 5.41) is 4.12. The summed E-state index contributed by atoms with van der Waals surface area (Å²) in [6, 6.07) is 8.38. The van der Waals surface area contributed by atoms with Crippen LogP contribution in [0.3, 0.4) is 0 Å². The number of hydrogen-bond acceptors (Lipinski definition) is 5. The van der Waals surface area contributed by atoms with Gasteiger partial charge in [0.2, 0.25) is 0 Å². The molecule has 0 amide bonds. The Morgan fingerprint density at radius 3 is 2.72 bits per heavy atom. The number of aromatic nitrogens is 2. The molecule has 0 unspecified atom stereocenters. The van der Waals surface area contributed by atoms with Crippen molar-refractivity contribution in [1.82, 2.24) is 14.7 Å². The molecule has 1 saturated heterocycles. The molecule has 1 aromatic heterocycles. The van der Waals surface area contributed by atoms with E-state index >= 15 is 0 Å². The Kier molecular flexibility index (Phi) is 5.38. The first-order valence-electron chi connectivity index (χ1n) is 8.66. The van der Waals surface area contributed by atoms with Gasteiger partial charge in [0.05, 0.1) is 25.5 Å². The second kappa shape index (κ2) is 7.70. The molecule has 2 atom stereocenters. The SMILES string of the molecule is CCn1cc(C(=O)OC[C@@H]2CCN(C)[C@H]2c2ccc(OC)cc2)cn1. The summed E-state index contributed by atoms with van der Waals surface area (Å²) in [6.07, 6.45) is 4.30. The second-order valence-corrected chi connectivity index (χ2v) is 6.43. The number of carbonyl (C=O) groups is 1. The number of ether oxygens (including phenoxy) is 2. The molecule has 0 aliphatic carbocycles. The number of carbonyl (C=O) groups excluding carboxylic acids is 1. The molecule has 134 valence electrons. The van der Waals surface area contributed by atoms with Crippen LogP contribution in [0.2, 0.25) is 0 Å². The molecule has 3 rings (SSSR count). The lowest BCUT2D eigenvalue weighted by Gasteiger charge is -2.25. The first-order chi connectivity index (χ1) is 12.1. The molecule has 1 aliphatic rings. The van der Waals surface area contributed by atoms with Crippen molar-refractivity contribution in [2.24, 2.45) is 5.92 Å².